The van der Waals surface area contributed by atoms with Crippen LogP contribution in [0.4, 0.5) is 0 Å². The summed E-state index contributed by atoms with van der Waals surface area (Å²) >= 11 is 0. The van der Waals surface area contributed by atoms with Crippen molar-refractivity contribution < 1.29 is 4.74 Å². The van der Waals surface area contributed by atoms with E-state index >= 15 is 0 Å². The van der Waals surface area contributed by atoms with Crippen LogP contribution < -0.4 is 10.5 Å². The van der Waals surface area contributed by atoms with Gasteiger partial charge < -0.3 is 10.5 Å². The number of pyridine rings is 1. The molecule has 0 bridgehead atoms. The molecule has 1 aliphatic rings. The minimum atomic E-state index is 0.325. The van der Waals surface area contributed by atoms with Crippen LogP contribution in [0, 0.1) is 0 Å². The molecule has 0 aliphatic carbocycles. The van der Waals surface area contributed by atoms with Crippen molar-refractivity contribution in [3.8, 4) is 5.75 Å². The highest BCUT2D eigenvalue weighted by molar-refractivity contribution is 5.19. The molecule has 1 aromatic heterocycles. The van der Waals surface area contributed by atoms with Crippen LogP contribution in [0.5, 0.6) is 5.75 Å². The zero-order chi connectivity index (χ0) is 12.1. The fourth-order valence-corrected chi connectivity index (χ4v) is 2.22. The van der Waals surface area contributed by atoms with Gasteiger partial charge in [0.15, 0.2) is 0 Å². The fourth-order valence-electron chi connectivity index (χ4n) is 2.22. The molecule has 0 spiro atoms. The lowest BCUT2D eigenvalue weighted by atomic mass is 10.1. The molecule has 2 rings (SSSR count). The van der Waals surface area contributed by atoms with Gasteiger partial charge in [-0.15, -0.1) is 0 Å². The first-order valence-electron chi connectivity index (χ1n) is 6.33. The molecule has 0 saturated carbocycles. The van der Waals surface area contributed by atoms with E-state index in [1.54, 1.807) is 6.20 Å². The first-order chi connectivity index (χ1) is 8.28. The first kappa shape index (κ1) is 12.3. The molecule has 4 heteroatoms. The Kier molecular flexibility index (Phi) is 4.34. The van der Waals surface area contributed by atoms with Crippen LogP contribution in [0.25, 0.3) is 0 Å². The van der Waals surface area contributed by atoms with Gasteiger partial charge in [-0.25, -0.2) is 0 Å². The number of aromatic nitrogens is 1. The molecule has 1 aliphatic heterocycles. The molecule has 1 atom stereocenters. The summed E-state index contributed by atoms with van der Waals surface area (Å²) in [5.41, 5.74) is 7.05. The zero-order valence-electron chi connectivity index (χ0n) is 10.4. The molecule has 94 valence electrons. The van der Waals surface area contributed by atoms with Crippen LogP contribution in [-0.2, 0) is 6.54 Å². The fraction of sp³-hybridized carbons (Fsp3) is 0.615. The van der Waals surface area contributed by atoms with Crippen LogP contribution in [0.3, 0.4) is 0 Å². The second kappa shape index (κ2) is 5.98. The van der Waals surface area contributed by atoms with Crippen molar-refractivity contribution in [2.24, 2.45) is 5.73 Å². The Morgan fingerprint density at radius 1 is 1.53 bits per heavy atom. The van der Waals surface area contributed by atoms with E-state index in [9.17, 15) is 0 Å². The lowest BCUT2D eigenvalue weighted by Crippen LogP contribution is -2.42. The molecule has 1 fully saturated rings. The minimum Gasteiger partial charge on any atom is -0.492 e. The van der Waals surface area contributed by atoms with Gasteiger partial charge in [-0.2, -0.15) is 0 Å². The van der Waals surface area contributed by atoms with Gasteiger partial charge in [0, 0.05) is 19.1 Å². The highest BCUT2D eigenvalue weighted by Crippen LogP contribution is 2.13. The molecule has 4 nitrogen and oxygen atoms in total. The summed E-state index contributed by atoms with van der Waals surface area (Å²) in [6.45, 7) is 5.66. The number of piperidine rings is 1. The Labute approximate surface area is 103 Å². The largest absolute Gasteiger partial charge is 0.492 e. The summed E-state index contributed by atoms with van der Waals surface area (Å²) in [5.74, 6) is 0.839. The van der Waals surface area contributed by atoms with Gasteiger partial charge in [0.1, 0.15) is 5.75 Å². The average molecular weight is 235 g/mol. The van der Waals surface area contributed by atoms with Gasteiger partial charge in [0.05, 0.1) is 18.5 Å². The molecular formula is C13H21N3O. The Morgan fingerprint density at radius 3 is 3.06 bits per heavy atom. The molecule has 0 amide bonds. The minimum absolute atomic E-state index is 0.325. The third-order valence-corrected chi connectivity index (χ3v) is 3.04. The second-order valence-corrected chi connectivity index (χ2v) is 4.56. The molecule has 1 aromatic rings. The number of ether oxygens (including phenoxy) is 1. The molecular weight excluding hydrogens is 214 g/mol. The van der Waals surface area contributed by atoms with Crippen molar-refractivity contribution in [2.45, 2.75) is 32.4 Å². The normalized spacial score (nSPS) is 21.4. The van der Waals surface area contributed by atoms with Crippen LogP contribution in [0.1, 0.15) is 25.5 Å². The molecule has 0 aromatic carbocycles. The average Bonchev–Trinajstić information content (AvgIpc) is 2.32. The maximum Gasteiger partial charge on any atom is 0.137 e. The number of likely N-dealkylation sites (tertiary alicyclic amines) is 1. The van der Waals surface area contributed by atoms with Crippen LogP contribution in [-0.4, -0.2) is 35.6 Å². The van der Waals surface area contributed by atoms with Gasteiger partial charge in [-0.05, 0) is 38.4 Å². The van der Waals surface area contributed by atoms with E-state index in [1.165, 1.54) is 6.42 Å². The van der Waals surface area contributed by atoms with Gasteiger partial charge in [0.2, 0.25) is 0 Å². The SMILES string of the molecule is CCOc1ccc(CN2CCC[C@@H](N)C2)nc1. The van der Waals surface area contributed by atoms with Crippen molar-refractivity contribution in [1.82, 2.24) is 9.88 Å². The highest BCUT2D eigenvalue weighted by atomic mass is 16.5. The molecule has 17 heavy (non-hydrogen) atoms. The smallest absolute Gasteiger partial charge is 0.137 e. The van der Waals surface area contributed by atoms with E-state index in [2.05, 4.69) is 9.88 Å². The molecule has 0 unspecified atom stereocenters. The summed E-state index contributed by atoms with van der Waals surface area (Å²) in [6, 6.07) is 4.34. The Balaban J connectivity index is 1.89. The van der Waals surface area contributed by atoms with E-state index in [4.69, 9.17) is 10.5 Å². The Morgan fingerprint density at radius 2 is 2.41 bits per heavy atom. The van der Waals surface area contributed by atoms with E-state index in [0.29, 0.717) is 12.6 Å². The number of rotatable bonds is 4. The maximum absolute atomic E-state index is 5.96. The monoisotopic (exact) mass is 235 g/mol. The predicted octanol–water partition coefficient (Wildman–Crippen LogP) is 1.40. The summed E-state index contributed by atoms with van der Waals surface area (Å²) in [5, 5.41) is 0. The van der Waals surface area contributed by atoms with Crippen molar-refractivity contribution in [3.63, 3.8) is 0 Å². The number of hydrogen-bond donors (Lipinski definition) is 1. The number of hydrogen-bond acceptors (Lipinski definition) is 4. The highest BCUT2D eigenvalue weighted by Gasteiger charge is 2.16. The van der Waals surface area contributed by atoms with E-state index in [-0.39, 0.29) is 0 Å². The lowest BCUT2D eigenvalue weighted by Gasteiger charge is -2.30. The van der Waals surface area contributed by atoms with Gasteiger partial charge >= 0.3 is 0 Å². The Hall–Kier alpha value is -1.13. The standard InChI is InChI=1S/C13H21N3O/c1-2-17-13-6-5-12(15-8-13)10-16-7-3-4-11(14)9-16/h5-6,8,11H,2-4,7,9-10,14H2,1H3/t11-/m1/s1. The van der Waals surface area contributed by atoms with Crippen molar-refractivity contribution in [3.05, 3.63) is 24.0 Å². The van der Waals surface area contributed by atoms with Crippen LogP contribution in [0.15, 0.2) is 18.3 Å². The predicted molar refractivity (Wildman–Crippen MR) is 67.9 cm³/mol. The second-order valence-electron chi connectivity index (χ2n) is 4.56. The van der Waals surface area contributed by atoms with Crippen molar-refractivity contribution in [1.29, 1.82) is 0 Å². The molecule has 2 heterocycles. The van der Waals surface area contributed by atoms with Gasteiger partial charge in [-0.3, -0.25) is 9.88 Å². The third-order valence-electron chi connectivity index (χ3n) is 3.04. The molecule has 2 N–H and O–H groups in total. The molecule has 0 radical (unpaired) electrons. The number of nitrogens with zero attached hydrogens (tertiary/aromatic N) is 2. The van der Waals surface area contributed by atoms with E-state index in [0.717, 1.165) is 37.5 Å². The quantitative estimate of drug-likeness (QED) is 0.857. The summed E-state index contributed by atoms with van der Waals surface area (Å²) < 4.78 is 5.37. The summed E-state index contributed by atoms with van der Waals surface area (Å²) in [4.78, 5) is 6.78. The summed E-state index contributed by atoms with van der Waals surface area (Å²) in [6.07, 6.45) is 4.13. The first-order valence-corrected chi connectivity index (χ1v) is 6.33. The van der Waals surface area contributed by atoms with Gasteiger partial charge in [0.25, 0.3) is 0 Å². The topological polar surface area (TPSA) is 51.4 Å². The molecule has 1 saturated heterocycles. The van der Waals surface area contributed by atoms with Crippen molar-refractivity contribution >= 4 is 0 Å². The third kappa shape index (κ3) is 3.68. The van der Waals surface area contributed by atoms with Crippen molar-refractivity contribution in [2.75, 3.05) is 19.7 Å². The zero-order valence-corrected chi connectivity index (χ0v) is 10.4. The van der Waals surface area contributed by atoms with E-state index in [1.807, 2.05) is 19.1 Å². The van der Waals surface area contributed by atoms with E-state index < -0.39 is 0 Å². The Bertz CT molecular complexity index is 339. The summed E-state index contributed by atoms with van der Waals surface area (Å²) in [7, 11) is 0. The number of nitrogens with two attached hydrogens (primary N) is 1. The van der Waals surface area contributed by atoms with Crippen LogP contribution >= 0.6 is 0 Å². The maximum atomic E-state index is 5.96. The van der Waals surface area contributed by atoms with Gasteiger partial charge in [-0.1, -0.05) is 0 Å². The lowest BCUT2D eigenvalue weighted by molar-refractivity contribution is 0.199. The van der Waals surface area contributed by atoms with Crippen LogP contribution in [0.2, 0.25) is 0 Å².